The van der Waals surface area contributed by atoms with Crippen molar-refractivity contribution in [2.45, 2.75) is 31.5 Å². The quantitative estimate of drug-likeness (QED) is 0.890. The van der Waals surface area contributed by atoms with E-state index in [1.165, 1.54) is 0 Å². The van der Waals surface area contributed by atoms with Crippen molar-refractivity contribution in [3.05, 3.63) is 16.7 Å². The molecule has 3 rings (SSSR count). The largest absolute Gasteiger partial charge is 0.507 e. The van der Waals surface area contributed by atoms with Crippen LogP contribution in [0.15, 0.2) is 0 Å². The molecule has 2 aliphatic rings. The molecule has 2 aliphatic heterocycles. The first-order chi connectivity index (χ1) is 11.0. The van der Waals surface area contributed by atoms with Crippen molar-refractivity contribution in [1.82, 2.24) is 9.80 Å². The fourth-order valence-electron chi connectivity index (χ4n) is 4.11. The molecule has 0 aromatic heterocycles. The highest BCUT2D eigenvalue weighted by atomic mass is 16.5. The number of ether oxygens (including phenoxy) is 2. The van der Waals surface area contributed by atoms with Gasteiger partial charge in [0.25, 0.3) is 0 Å². The predicted octanol–water partition coefficient (Wildman–Crippen LogP) is 1.45. The van der Waals surface area contributed by atoms with E-state index in [0.717, 1.165) is 11.1 Å². The Morgan fingerprint density at radius 1 is 1.22 bits per heavy atom. The number of likely N-dealkylation sites (N-methyl/N-ethyl adjacent to an activating group) is 2. The number of hydrogen-bond donors (Lipinski definition) is 1. The van der Waals surface area contributed by atoms with E-state index in [-0.39, 0.29) is 23.9 Å². The van der Waals surface area contributed by atoms with Crippen LogP contribution in [0.25, 0.3) is 0 Å². The summed E-state index contributed by atoms with van der Waals surface area (Å²) in [5, 5.41) is 20.2. The molecule has 0 saturated carbocycles. The molecule has 3 atom stereocenters. The second-order valence-electron chi connectivity index (χ2n) is 6.40. The van der Waals surface area contributed by atoms with E-state index >= 15 is 0 Å². The van der Waals surface area contributed by atoms with Gasteiger partial charge in [-0.2, -0.15) is 5.26 Å². The molecule has 2 heterocycles. The van der Waals surface area contributed by atoms with E-state index in [9.17, 15) is 10.4 Å². The summed E-state index contributed by atoms with van der Waals surface area (Å²) in [6.07, 6.45) is 0.623. The molecule has 1 aromatic carbocycles. The van der Waals surface area contributed by atoms with E-state index in [4.69, 9.17) is 9.47 Å². The molecule has 0 aliphatic carbocycles. The summed E-state index contributed by atoms with van der Waals surface area (Å²) < 4.78 is 11.1. The number of phenolic OH excluding ortho intramolecular Hbond substituents is 1. The van der Waals surface area contributed by atoms with E-state index < -0.39 is 0 Å². The van der Waals surface area contributed by atoms with Crippen LogP contribution in [0.4, 0.5) is 0 Å². The predicted molar refractivity (Wildman–Crippen MR) is 86.0 cm³/mol. The molecule has 23 heavy (non-hydrogen) atoms. The van der Waals surface area contributed by atoms with Crippen LogP contribution >= 0.6 is 0 Å². The van der Waals surface area contributed by atoms with Crippen LogP contribution in [-0.4, -0.2) is 61.8 Å². The van der Waals surface area contributed by atoms with Crippen LogP contribution in [0.3, 0.4) is 0 Å². The molecule has 1 fully saturated rings. The minimum atomic E-state index is -0.183. The molecule has 0 unspecified atom stereocenters. The van der Waals surface area contributed by atoms with Gasteiger partial charge in [-0.1, -0.05) is 0 Å². The van der Waals surface area contributed by atoms with Crippen molar-refractivity contribution in [2.24, 2.45) is 0 Å². The highest BCUT2D eigenvalue weighted by molar-refractivity contribution is 5.64. The Balaban J connectivity index is 2.25. The zero-order valence-electron chi connectivity index (χ0n) is 14.3. The molecule has 1 saturated heterocycles. The minimum Gasteiger partial charge on any atom is -0.507 e. The number of fused-ring (bicyclic) bond motifs is 4. The molecule has 0 spiro atoms. The fourth-order valence-corrected chi connectivity index (χ4v) is 4.11. The Kier molecular flexibility index (Phi) is 3.86. The van der Waals surface area contributed by atoms with Crippen molar-refractivity contribution in [1.29, 1.82) is 5.26 Å². The second kappa shape index (κ2) is 5.59. The van der Waals surface area contributed by atoms with Crippen molar-refractivity contribution in [2.75, 3.05) is 34.9 Å². The number of nitrogens with zero attached hydrogens (tertiary/aromatic N) is 3. The highest BCUT2D eigenvalue weighted by Crippen LogP contribution is 2.51. The SMILES string of the molecule is COc1c(C)c(O)c2c(c1OC)[C@@H]1CN(C)[C@@H](C#N)[C@H](C2)N1C. The van der Waals surface area contributed by atoms with Crippen LogP contribution < -0.4 is 9.47 Å². The minimum absolute atomic E-state index is 0.0552. The second-order valence-corrected chi connectivity index (χ2v) is 6.40. The van der Waals surface area contributed by atoms with Gasteiger partial charge in [-0.05, 0) is 27.4 Å². The van der Waals surface area contributed by atoms with Gasteiger partial charge >= 0.3 is 0 Å². The number of phenols is 1. The first-order valence-corrected chi connectivity index (χ1v) is 7.74. The first-order valence-electron chi connectivity index (χ1n) is 7.74. The Bertz CT molecular complexity index is 683. The summed E-state index contributed by atoms with van der Waals surface area (Å²) in [5.74, 6) is 1.54. The summed E-state index contributed by atoms with van der Waals surface area (Å²) in [6.45, 7) is 2.54. The van der Waals surface area contributed by atoms with Gasteiger partial charge in [0.1, 0.15) is 11.8 Å². The fraction of sp³-hybridized carbons (Fsp3) is 0.588. The van der Waals surface area contributed by atoms with E-state index in [2.05, 4.69) is 15.9 Å². The lowest BCUT2D eigenvalue weighted by Crippen LogP contribution is -2.60. The highest BCUT2D eigenvalue weighted by Gasteiger charge is 2.46. The maximum atomic E-state index is 10.7. The van der Waals surface area contributed by atoms with Crippen LogP contribution in [0.1, 0.15) is 22.7 Å². The zero-order chi connectivity index (χ0) is 16.9. The molecule has 2 bridgehead atoms. The summed E-state index contributed by atoms with van der Waals surface area (Å²) in [5.41, 5.74) is 2.56. The molecular weight excluding hydrogens is 294 g/mol. The molecule has 1 N–H and O–H groups in total. The third kappa shape index (κ3) is 2.07. The summed E-state index contributed by atoms with van der Waals surface area (Å²) in [7, 11) is 7.23. The maximum Gasteiger partial charge on any atom is 0.167 e. The van der Waals surface area contributed by atoms with Gasteiger partial charge in [0.05, 0.1) is 26.3 Å². The van der Waals surface area contributed by atoms with Crippen molar-refractivity contribution < 1.29 is 14.6 Å². The number of methoxy groups -OCH3 is 2. The molecule has 124 valence electrons. The van der Waals surface area contributed by atoms with Gasteiger partial charge in [0, 0.05) is 29.3 Å². The van der Waals surface area contributed by atoms with Gasteiger partial charge < -0.3 is 14.6 Å². The van der Waals surface area contributed by atoms with Crippen molar-refractivity contribution in [3.63, 3.8) is 0 Å². The molecular formula is C17H23N3O3. The van der Waals surface area contributed by atoms with Gasteiger partial charge in [-0.3, -0.25) is 9.80 Å². The lowest BCUT2D eigenvalue weighted by atomic mass is 9.80. The van der Waals surface area contributed by atoms with Crippen LogP contribution in [-0.2, 0) is 6.42 Å². The van der Waals surface area contributed by atoms with Crippen LogP contribution in [0, 0.1) is 18.3 Å². The average Bonchev–Trinajstić information content (AvgIpc) is 2.53. The summed E-state index contributed by atoms with van der Waals surface area (Å²) in [4.78, 5) is 4.31. The molecule has 0 amide bonds. The van der Waals surface area contributed by atoms with Gasteiger partial charge in [0.15, 0.2) is 11.5 Å². The Morgan fingerprint density at radius 2 is 1.87 bits per heavy atom. The third-order valence-corrected chi connectivity index (χ3v) is 5.36. The van der Waals surface area contributed by atoms with Crippen molar-refractivity contribution in [3.8, 4) is 23.3 Å². The summed E-state index contributed by atoms with van der Waals surface area (Å²) in [6, 6.07) is 2.34. The molecule has 6 heteroatoms. The number of benzene rings is 1. The lowest BCUT2D eigenvalue weighted by molar-refractivity contribution is 0.0168. The summed E-state index contributed by atoms with van der Waals surface area (Å²) >= 11 is 0. The monoisotopic (exact) mass is 317 g/mol. The van der Waals surface area contributed by atoms with E-state index in [1.807, 2.05) is 21.0 Å². The Hall–Kier alpha value is -1.97. The van der Waals surface area contributed by atoms with Gasteiger partial charge in [-0.15, -0.1) is 0 Å². The number of hydrogen-bond acceptors (Lipinski definition) is 6. The van der Waals surface area contributed by atoms with Crippen molar-refractivity contribution >= 4 is 0 Å². The number of aromatic hydroxyl groups is 1. The zero-order valence-corrected chi connectivity index (χ0v) is 14.3. The average molecular weight is 317 g/mol. The normalized spacial score (nSPS) is 27.2. The third-order valence-electron chi connectivity index (χ3n) is 5.36. The van der Waals surface area contributed by atoms with E-state index in [1.54, 1.807) is 14.2 Å². The standard InChI is InChI=1S/C17H23N3O3/c1-9-15(21)10-6-11-12(7-18)19(2)8-13(20(11)3)14(10)17(23-5)16(9)22-4/h11-13,21H,6,8H2,1-5H3/t11-,12-,13-/m0/s1. The first kappa shape index (κ1) is 15.9. The van der Waals surface area contributed by atoms with Gasteiger partial charge in [-0.25, -0.2) is 0 Å². The maximum absolute atomic E-state index is 10.7. The topological polar surface area (TPSA) is 69.0 Å². The smallest absolute Gasteiger partial charge is 0.167 e. The molecule has 0 radical (unpaired) electrons. The Morgan fingerprint density at radius 3 is 2.43 bits per heavy atom. The van der Waals surface area contributed by atoms with Crippen LogP contribution in [0.5, 0.6) is 17.2 Å². The lowest BCUT2D eigenvalue weighted by Gasteiger charge is -2.51. The van der Waals surface area contributed by atoms with Gasteiger partial charge in [0.2, 0.25) is 0 Å². The molecule has 1 aromatic rings. The number of rotatable bonds is 2. The van der Waals surface area contributed by atoms with Crippen LogP contribution in [0.2, 0.25) is 0 Å². The number of piperazine rings is 1. The Labute approximate surface area is 136 Å². The van der Waals surface area contributed by atoms with E-state index in [0.29, 0.717) is 30.0 Å². The number of nitriles is 1. The molecule has 6 nitrogen and oxygen atoms in total.